The number of hydrogen-bond donors (Lipinski definition) is 0. The summed E-state index contributed by atoms with van der Waals surface area (Å²) in [6, 6.07) is 43.3. The molecule has 34 heavy (non-hydrogen) atoms. The monoisotopic (exact) mass is 486 g/mol. The predicted octanol–water partition coefficient (Wildman–Crippen LogP) is 5.28. The molecule has 2 atom stereocenters. The summed E-state index contributed by atoms with van der Waals surface area (Å²) in [5, 5.41) is 5.48. The van der Waals surface area contributed by atoms with E-state index < -0.39 is 15.8 Å². The molecule has 0 aliphatic carbocycles. The second-order valence-electron chi connectivity index (χ2n) is 8.11. The van der Waals surface area contributed by atoms with Crippen LogP contribution in [0, 0.1) is 0 Å². The van der Waals surface area contributed by atoms with Crippen LogP contribution in [0.5, 0.6) is 0 Å². The fraction of sp³-hybridized carbons (Fsp3) is 0.200. The average molecular weight is 487 g/mol. The van der Waals surface area contributed by atoms with Gasteiger partial charge in [0.1, 0.15) is 0 Å². The van der Waals surface area contributed by atoms with Gasteiger partial charge >= 0.3 is 0 Å². The van der Waals surface area contributed by atoms with Crippen LogP contribution in [-0.4, -0.2) is 38.8 Å². The molecule has 0 aliphatic rings. The maximum Gasteiger partial charge on any atom is 0.0881 e. The van der Waals surface area contributed by atoms with Crippen molar-refractivity contribution in [3.05, 3.63) is 121 Å². The van der Waals surface area contributed by atoms with Gasteiger partial charge in [0.05, 0.1) is 12.2 Å². The lowest BCUT2D eigenvalue weighted by Gasteiger charge is -2.32. The minimum Gasteiger partial charge on any atom is -0.378 e. The highest BCUT2D eigenvalue weighted by atomic mass is 31.1. The molecule has 4 aromatic rings. The van der Waals surface area contributed by atoms with Crippen LogP contribution in [0.4, 0.5) is 0 Å². The maximum atomic E-state index is 6.15. The van der Waals surface area contributed by atoms with E-state index in [0.29, 0.717) is 0 Å². The molecule has 0 N–H and O–H groups in total. The molecular weight excluding hydrogens is 454 g/mol. The van der Waals surface area contributed by atoms with Gasteiger partial charge in [-0.3, -0.25) is 0 Å². The normalized spacial score (nSPS) is 13.2. The van der Waals surface area contributed by atoms with Gasteiger partial charge in [-0.2, -0.15) is 0 Å². The number of benzene rings is 4. The zero-order valence-electron chi connectivity index (χ0n) is 19.8. The Hall–Kier alpha value is -2.34. The van der Waals surface area contributed by atoms with Crippen molar-refractivity contribution in [2.45, 2.75) is 12.2 Å². The van der Waals surface area contributed by atoms with E-state index in [4.69, 9.17) is 9.47 Å². The second kappa shape index (κ2) is 12.9. The van der Waals surface area contributed by atoms with Crippen LogP contribution in [0.3, 0.4) is 0 Å². The molecule has 0 saturated carbocycles. The maximum absolute atomic E-state index is 6.15. The lowest BCUT2D eigenvalue weighted by atomic mass is 10.2. The molecule has 0 fully saturated rings. The number of hydrogen-bond acceptors (Lipinski definition) is 2. The van der Waals surface area contributed by atoms with E-state index >= 15 is 0 Å². The van der Waals surface area contributed by atoms with E-state index in [0.717, 1.165) is 12.3 Å². The van der Waals surface area contributed by atoms with Crippen LogP contribution < -0.4 is 21.2 Å². The molecule has 2 unspecified atom stereocenters. The van der Waals surface area contributed by atoms with Crippen molar-refractivity contribution >= 4 is 37.1 Å². The summed E-state index contributed by atoms with van der Waals surface area (Å²) in [7, 11) is 2.52. The van der Waals surface area contributed by atoms with Crippen LogP contribution in [0.25, 0.3) is 0 Å². The van der Waals surface area contributed by atoms with E-state index in [1.54, 1.807) is 0 Å². The third-order valence-corrected chi connectivity index (χ3v) is 11.2. The summed E-state index contributed by atoms with van der Waals surface area (Å²) in [6.07, 6.45) is 1.83. The molecule has 4 aromatic carbocycles. The largest absolute Gasteiger partial charge is 0.378 e. The van der Waals surface area contributed by atoms with Gasteiger partial charge in [-0.15, -0.1) is 0 Å². The second-order valence-corrected chi connectivity index (χ2v) is 12.6. The Bertz CT molecular complexity index is 922. The average Bonchev–Trinajstić information content (AvgIpc) is 2.92. The molecule has 0 radical (unpaired) electrons. The molecule has 0 aromatic heterocycles. The molecule has 0 heterocycles. The van der Waals surface area contributed by atoms with Crippen LogP contribution in [0.2, 0.25) is 0 Å². The van der Waals surface area contributed by atoms with Gasteiger partial charge in [0.25, 0.3) is 0 Å². The summed E-state index contributed by atoms with van der Waals surface area (Å²) in [6.45, 7) is 0. The van der Waals surface area contributed by atoms with E-state index in [9.17, 15) is 0 Å². The molecule has 4 rings (SSSR count). The Labute approximate surface area is 206 Å². The molecule has 0 bridgehead atoms. The molecule has 174 valence electrons. The smallest absolute Gasteiger partial charge is 0.0881 e. The van der Waals surface area contributed by atoms with Gasteiger partial charge in [-0.05, 0) is 37.1 Å². The Balaban J connectivity index is 1.62. The summed E-state index contributed by atoms with van der Waals surface area (Å²) in [5.74, 6) is 0. The van der Waals surface area contributed by atoms with Crippen molar-refractivity contribution in [1.29, 1.82) is 0 Å². The van der Waals surface area contributed by atoms with Crippen molar-refractivity contribution in [1.82, 2.24) is 0 Å². The van der Waals surface area contributed by atoms with Gasteiger partial charge in [0, 0.05) is 26.5 Å². The number of rotatable bonds is 11. The van der Waals surface area contributed by atoms with Crippen LogP contribution in [0.1, 0.15) is 0 Å². The van der Waals surface area contributed by atoms with Crippen molar-refractivity contribution in [3.8, 4) is 0 Å². The van der Waals surface area contributed by atoms with Crippen LogP contribution >= 0.6 is 15.8 Å². The molecule has 2 nitrogen and oxygen atoms in total. The Kier molecular flexibility index (Phi) is 9.43. The zero-order chi connectivity index (χ0) is 23.6. The first-order valence-electron chi connectivity index (χ1n) is 11.6. The van der Waals surface area contributed by atoms with Gasteiger partial charge in [-0.25, -0.2) is 0 Å². The highest BCUT2D eigenvalue weighted by molar-refractivity contribution is 7.73. The summed E-state index contributed by atoms with van der Waals surface area (Å²) in [4.78, 5) is 0. The van der Waals surface area contributed by atoms with Gasteiger partial charge < -0.3 is 9.47 Å². The van der Waals surface area contributed by atoms with Crippen molar-refractivity contribution in [3.63, 3.8) is 0 Å². The van der Waals surface area contributed by atoms with Crippen molar-refractivity contribution < 1.29 is 9.47 Å². The Morgan fingerprint density at radius 1 is 0.441 bits per heavy atom. The minimum atomic E-state index is -0.566. The summed E-state index contributed by atoms with van der Waals surface area (Å²) in [5.41, 5.74) is 0. The quantitative estimate of drug-likeness (QED) is 0.269. The fourth-order valence-corrected chi connectivity index (χ4v) is 9.26. The lowest BCUT2D eigenvalue weighted by Crippen LogP contribution is -2.38. The predicted molar refractivity (Wildman–Crippen MR) is 149 cm³/mol. The highest BCUT2D eigenvalue weighted by Crippen LogP contribution is 2.39. The molecule has 0 amide bonds. The molecule has 0 spiro atoms. The van der Waals surface area contributed by atoms with E-state index in [-0.39, 0.29) is 12.2 Å². The molecule has 0 aliphatic heterocycles. The third kappa shape index (κ3) is 6.41. The van der Waals surface area contributed by atoms with Crippen LogP contribution in [-0.2, 0) is 9.47 Å². The third-order valence-electron chi connectivity index (χ3n) is 6.02. The Morgan fingerprint density at radius 2 is 0.676 bits per heavy atom. The van der Waals surface area contributed by atoms with E-state index in [1.165, 1.54) is 21.2 Å². The van der Waals surface area contributed by atoms with Crippen molar-refractivity contribution in [2.75, 3.05) is 26.5 Å². The lowest BCUT2D eigenvalue weighted by molar-refractivity contribution is -0.0113. The van der Waals surface area contributed by atoms with Gasteiger partial charge in [0.2, 0.25) is 0 Å². The minimum absolute atomic E-state index is 0.00560. The first kappa shape index (κ1) is 24.8. The fourth-order valence-electron chi connectivity index (χ4n) is 4.20. The molecular formula is C30H32O2P2. The number of ether oxygens (including phenoxy) is 2. The Morgan fingerprint density at radius 3 is 0.882 bits per heavy atom. The SMILES string of the molecule is COC(CP(c1ccccc1)c1ccccc1)C(CP(c1ccccc1)c1ccccc1)OC. The topological polar surface area (TPSA) is 18.5 Å². The van der Waals surface area contributed by atoms with E-state index in [1.807, 2.05) is 14.2 Å². The highest BCUT2D eigenvalue weighted by Gasteiger charge is 2.29. The first-order chi connectivity index (χ1) is 16.8. The standard InChI is InChI=1S/C30H32O2P2/c1-31-29(23-33(25-15-7-3-8-16-25)26-17-9-4-10-18-26)30(32-2)24-34(27-19-11-5-12-20-27)28-21-13-6-14-22-28/h3-22,29-30H,23-24H2,1-2H3. The zero-order valence-corrected chi connectivity index (χ0v) is 21.6. The first-order valence-corrected chi connectivity index (χ1v) is 14.7. The van der Waals surface area contributed by atoms with E-state index in [2.05, 4.69) is 121 Å². The van der Waals surface area contributed by atoms with Gasteiger partial charge in [-0.1, -0.05) is 121 Å². The summed E-state index contributed by atoms with van der Waals surface area (Å²) < 4.78 is 12.3. The molecule has 4 heteroatoms. The van der Waals surface area contributed by atoms with Crippen LogP contribution in [0.15, 0.2) is 121 Å². The number of methoxy groups -OCH3 is 2. The summed E-state index contributed by atoms with van der Waals surface area (Å²) >= 11 is 0. The molecule has 0 saturated heterocycles. The van der Waals surface area contributed by atoms with Crippen molar-refractivity contribution in [2.24, 2.45) is 0 Å². The van der Waals surface area contributed by atoms with Gasteiger partial charge in [0.15, 0.2) is 0 Å².